The van der Waals surface area contributed by atoms with E-state index < -0.39 is 23.5 Å². The Bertz CT molecular complexity index is 1090. The molecule has 0 radical (unpaired) electrons. The quantitative estimate of drug-likeness (QED) is 0.642. The number of pyridine rings is 1. The highest BCUT2D eigenvalue weighted by Gasteiger charge is 2.21. The molecule has 1 aromatic heterocycles. The molecule has 3 rings (SSSR count). The van der Waals surface area contributed by atoms with Crippen molar-refractivity contribution in [3.63, 3.8) is 0 Å². The third-order valence-electron chi connectivity index (χ3n) is 3.81. The van der Waals surface area contributed by atoms with Gasteiger partial charge in [-0.25, -0.2) is 4.79 Å². The van der Waals surface area contributed by atoms with Gasteiger partial charge in [-0.3, -0.25) is 9.59 Å². The number of hydrogen-bond acceptors (Lipinski definition) is 4. The molecule has 0 fully saturated rings. The number of aromatic nitrogens is 1. The van der Waals surface area contributed by atoms with E-state index in [1.807, 2.05) is 0 Å². The molecular weight excluding hydrogens is 391 g/mol. The summed E-state index contributed by atoms with van der Waals surface area (Å²) in [6.07, 6.45) is -1.12. The third kappa shape index (κ3) is 4.30. The number of carbonyl (C=O) groups is 2. The highest BCUT2D eigenvalue weighted by Crippen LogP contribution is 2.25. The molecule has 2 N–H and O–H groups in total. The summed E-state index contributed by atoms with van der Waals surface area (Å²) >= 11 is 11.9. The fraction of sp³-hybridized carbons (Fsp3) is 0.105. The van der Waals surface area contributed by atoms with Gasteiger partial charge in [-0.15, -0.1) is 0 Å². The van der Waals surface area contributed by atoms with Crippen LogP contribution in [0.4, 0.5) is 5.69 Å². The maximum Gasteiger partial charge on any atom is 0.339 e. The number of carbonyl (C=O) groups excluding carboxylic acids is 2. The maximum absolute atomic E-state index is 12.5. The van der Waals surface area contributed by atoms with E-state index in [1.165, 1.54) is 13.0 Å². The number of benzene rings is 2. The van der Waals surface area contributed by atoms with E-state index in [1.54, 1.807) is 36.4 Å². The number of fused-ring (bicyclic) bond motifs is 1. The minimum absolute atomic E-state index is 0.0785. The monoisotopic (exact) mass is 404 g/mol. The van der Waals surface area contributed by atoms with E-state index >= 15 is 0 Å². The Kier molecular flexibility index (Phi) is 5.48. The summed E-state index contributed by atoms with van der Waals surface area (Å²) in [5.41, 5.74) is 0.441. The lowest BCUT2D eigenvalue weighted by molar-refractivity contribution is -0.123. The van der Waals surface area contributed by atoms with Crippen LogP contribution < -0.4 is 10.9 Å². The second-order valence-electron chi connectivity index (χ2n) is 5.75. The lowest BCUT2D eigenvalue weighted by Gasteiger charge is -2.15. The Morgan fingerprint density at radius 3 is 2.63 bits per heavy atom. The van der Waals surface area contributed by atoms with Gasteiger partial charge < -0.3 is 15.0 Å². The van der Waals surface area contributed by atoms with Gasteiger partial charge in [-0.05, 0) is 31.2 Å². The van der Waals surface area contributed by atoms with Crippen LogP contribution in [0.1, 0.15) is 17.3 Å². The minimum Gasteiger partial charge on any atom is -0.449 e. The van der Waals surface area contributed by atoms with Crippen molar-refractivity contribution >= 4 is 51.7 Å². The average Bonchev–Trinajstić information content (AvgIpc) is 2.63. The number of para-hydroxylation sites is 1. The van der Waals surface area contributed by atoms with E-state index in [0.29, 0.717) is 26.6 Å². The molecule has 6 nitrogen and oxygen atoms in total. The zero-order valence-electron chi connectivity index (χ0n) is 14.1. The Labute approximate surface area is 164 Å². The molecule has 2 aromatic carbocycles. The van der Waals surface area contributed by atoms with Crippen molar-refractivity contribution in [2.24, 2.45) is 0 Å². The van der Waals surface area contributed by atoms with Crippen molar-refractivity contribution in [2.75, 3.05) is 5.32 Å². The standard InChI is InChI=1S/C19H14Cl2N2O4/c1-10(18(25)23-16-8-11(20)6-7-14(16)21)27-19(26)13-9-17(24)22-15-5-3-2-4-12(13)15/h2-10H,1H3,(H,22,24)(H,23,25)/t10-/m0/s1. The van der Waals surface area contributed by atoms with Crippen LogP contribution in [0.2, 0.25) is 10.0 Å². The average molecular weight is 405 g/mol. The Morgan fingerprint density at radius 2 is 1.85 bits per heavy atom. The summed E-state index contributed by atoms with van der Waals surface area (Å²) in [6.45, 7) is 1.42. The SMILES string of the molecule is C[C@H](OC(=O)c1cc(=O)[nH]c2ccccc12)C(=O)Nc1cc(Cl)ccc1Cl. The number of aromatic amines is 1. The second-order valence-corrected chi connectivity index (χ2v) is 6.60. The van der Waals surface area contributed by atoms with Crippen molar-refractivity contribution in [1.82, 2.24) is 4.98 Å². The van der Waals surface area contributed by atoms with Crippen LogP contribution in [0.5, 0.6) is 0 Å². The normalized spacial score (nSPS) is 11.8. The molecule has 0 aliphatic heterocycles. The molecule has 0 aliphatic rings. The van der Waals surface area contributed by atoms with Gasteiger partial charge in [0.2, 0.25) is 5.56 Å². The summed E-state index contributed by atoms with van der Waals surface area (Å²) in [5.74, 6) is -1.36. The van der Waals surface area contributed by atoms with Gasteiger partial charge >= 0.3 is 5.97 Å². The molecule has 0 bridgehead atoms. The molecule has 138 valence electrons. The van der Waals surface area contributed by atoms with Crippen LogP contribution in [-0.4, -0.2) is 23.0 Å². The van der Waals surface area contributed by atoms with Gasteiger partial charge in [0.25, 0.3) is 5.91 Å². The van der Waals surface area contributed by atoms with Crippen molar-refractivity contribution in [1.29, 1.82) is 0 Å². The number of nitrogens with one attached hydrogen (secondary N) is 2. The first-order valence-electron chi connectivity index (χ1n) is 7.94. The molecule has 1 amide bonds. The number of H-pyrrole nitrogens is 1. The number of halogens is 2. The predicted octanol–water partition coefficient (Wildman–Crippen LogP) is 4.02. The summed E-state index contributed by atoms with van der Waals surface area (Å²) in [5, 5.41) is 3.77. The number of esters is 1. The van der Waals surface area contributed by atoms with Gasteiger partial charge in [-0.2, -0.15) is 0 Å². The van der Waals surface area contributed by atoms with Gasteiger partial charge in [0.1, 0.15) is 0 Å². The zero-order valence-corrected chi connectivity index (χ0v) is 15.6. The van der Waals surface area contributed by atoms with Crippen LogP contribution in [0.25, 0.3) is 10.9 Å². The summed E-state index contributed by atoms with van der Waals surface area (Å²) in [6, 6.07) is 12.6. The molecular formula is C19H14Cl2N2O4. The first-order valence-corrected chi connectivity index (χ1v) is 8.69. The number of hydrogen-bond donors (Lipinski definition) is 2. The molecule has 1 atom stereocenters. The molecule has 0 aliphatic carbocycles. The fourth-order valence-electron chi connectivity index (χ4n) is 2.48. The lowest BCUT2D eigenvalue weighted by atomic mass is 10.1. The molecule has 0 unspecified atom stereocenters. The largest absolute Gasteiger partial charge is 0.449 e. The summed E-state index contributed by atoms with van der Waals surface area (Å²) in [4.78, 5) is 39.2. The summed E-state index contributed by atoms with van der Waals surface area (Å²) in [7, 11) is 0. The summed E-state index contributed by atoms with van der Waals surface area (Å²) < 4.78 is 5.22. The number of amides is 1. The third-order valence-corrected chi connectivity index (χ3v) is 4.37. The van der Waals surface area contributed by atoms with Crippen molar-refractivity contribution in [3.05, 3.63) is 74.5 Å². The zero-order chi connectivity index (χ0) is 19.6. The van der Waals surface area contributed by atoms with Crippen molar-refractivity contribution in [2.45, 2.75) is 13.0 Å². The molecule has 0 spiro atoms. The van der Waals surface area contributed by atoms with Gasteiger partial charge in [-0.1, -0.05) is 41.4 Å². The predicted molar refractivity (Wildman–Crippen MR) is 105 cm³/mol. The Hall–Kier alpha value is -2.83. The van der Waals surface area contributed by atoms with Gasteiger partial charge in [0.15, 0.2) is 6.10 Å². The van der Waals surface area contributed by atoms with E-state index in [2.05, 4.69) is 10.3 Å². The molecule has 1 heterocycles. The Balaban J connectivity index is 1.79. The van der Waals surface area contributed by atoms with Crippen LogP contribution >= 0.6 is 23.2 Å². The van der Waals surface area contributed by atoms with Crippen LogP contribution in [-0.2, 0) is 9.53 Å². The van der Waals surface area contributed by atoms with Crippen LogP contribution in [0.15, 0.2) is 53.3 Å². The molecule has 0 saturated heterocycles. The smallest absolute Gasteiger partial charge is 0.339 e. The van der Waals surface area contributed by atoms with Crippen LogP contribution in [0, 0.1) is 0 Å². The van der Waals surface area contributed by atoms with E-state index in [9.17, 15) is 14.4 Å². The number of rotatable bonds is 4. The highest BCUT2D eigenvalue weighted by molar-refractivity contribution is 6.35. The second kappa shape index (κ2) is 7.82. The molecule has 0 saturated carbocycles. The first kappa shape index (κ1) is 18.9. The van der Waals surface area contributed by atoms with Gasteiger partial charge in [0, 0.05) is 22.0 Å². The van der Waals surface area contributed by atoms with Crippen molar-refractivity contribution in [3.8, 4) is 0 Å². The van der Waals surface area contributed by atoms with E-state index in [0.717, 1.165) is 6.07 Å². The first-order chi connectivity index (χ1) is 12.8. The van der Waals surface area contributed by atoms with E-state index in [4.69, 9.17) is 27.9 Å². The number of ether oxygens (including phenoxy) is 1. The van der Waals surface area contributed by atoms with Crippen LogP contribution in [0.3, 0.4) is 0 Å². The molecule has 3 aromatic rings. The highest BCUT2D eigenvalue weighted by atomic mass is 35.5. The van der Waals surface area contributed by atoms with Crippen molar-refractivity contribution < 1.29 is 14.3 Å². The number of anilines is 1. The Morgan fingerprint density at radius 1 is 1.11 bits per heavy atom. The molecule has 27 heavy (non-hydrogen) atoms. The lowest BCUT2D eigenvalue weighted by Crippen LogP contribution is -2.30. The topological polar surface area (TPSA) is 88.3 Å². The van der Waals surface area contributed by atoms with Gasteiger partial charge in [0.05, 0.1) is 16.3 Å². The van der Waals surface area contributed by atoms with E-state index in [-0.39, 0.29) is 5.56 Å². The molecule has 8 heteroatoms. The maximum atomic E-state index is 12.5. The minimum atomic E-state index is -1.12. The fourth-order valence-corrected chi connectivity index (χ4v) is 2.82.